The van der Waals surface area contributed by atoms with Gasteiger partial charge >= 0.3 is 12.1 Å². The van der Waals surface area contributed by atoms with Gasteiger partial charge in [0, 0.05) is 13.0 Å². The molecule has 1 amide bonds. The molecule has 5 nitrogen and oxygen atoms in total. The molecule has 0 spiro atoms. The van der Waals surface area contributed by atoms with Crippen molar-refractivity contribution in [3.8, 4) is 0 Å². The number of hydrogen-bond acceptors (Lipinski definition) is 3. The second-order valence-electron chi connectivity index (χ2n) is 4.45. The predicted octanol–water partition coefficient (Wildman–Crippen LogP) is 1.47. The van der Waals surface area contributed by atoms with Gasteiger partial charge in [0.05, 0.1) is 12.5 Å². The van der Waals surface area contributed by atoms with Crippen LogP contribution >= 0.6 is 0 Å². The molecule has 1 fully saturated rings. The van der Waals surface area contributed by atoms with Crippen molar-refractivity contribution in [3.63, 3.8) is 0 Å². The van der Waals surface area contributed by atoms with E-state index in [0.29, 0.717) is 13.0 Å². The minimum Gasteiger partial charge on any atom is -0.480 e. The molecule has 0 aliphatic carbocycles. The first kappa shape index (κ1) is 15.7. The second-order valence-corrected chi connectivity index (χ2v) is 4.45. The summed E-state index contributed by atoms with van der Waals surface area (Å²) in [6.07, 6.45) is -4.19. The van der Waals surface area contributed by atoms with Gasteiger partial charge in [-0.2, -0.15) is 13.2 Å². The summed E-state index contributed by atoms with van der Waals surface area (Å²) < 4.78 is 41.6. The van der Waals surface area contributed by atoms with Crippen molar-refractivity contribution in [1.29, 1.82) is 0 Å². The number of amides is 1. The first-order valence-corrected chi connectivity index (χ1v) is 5.98. The Morgan fingerprint density at radius 1 is 1.42 bits per heavy atom. The van der Waals surface area contributed by atoms with Gasteiger partial charge in [0.15, 0.2) is 0 Å². The molecule has 1 rings (SSSR count). The summed E-state index contributed by atoms with van der Waals surface area (Å²) in [4.78, 5) is 22.0. The van der Waals surface area contributed by atoms with Crippen molar-refractivity contribution in [2.75, 3.05) is 6.61 Å². The van der Waals surface area contributed by atoms with E-state index in [1.807, 2.05) is 5.32 Å². The monoisotopic (exact) mass is 283 g/mol. The van der Waals surface area contributed by atoms with Gasteiger partial charge in [0.2, 0.25) is 5.91 Å². The Hall–Kier alpha value is -1.31. The molecule has 1 aliphatic heterocycles. The van der Waals surface area contributed by atoms with Crippen LogP contribution in [0.2, 0.25) is 0 Å². The van der Waals surface area contributed by atoms with Crippen molar-refractivity contribution in [2.45, 2.75) is 50.4 Å². The number of nitrogens with one attached hydrogen (secondary N) is 1. The highest BCUT2D eigenvalue weighted by Gasteiger charge is 2.36. The average molecular weight is 283 g/mol. The summed E-state index contributed by atoms with van der Waals surface area (Å²) in [5.74, 6) is -2.39. The molecule has 1 aliphatic rings. The third kappa shape index (κ3) is 6.42. The van der Waals surface area contributed by atoms with Gasteiger partial charge in [-0.15, -0.1) is 0 Å². The number of carbonyl (C=O) groups is 2. The van der Waals surface area contributed by atoms with E-state index in [0.717, 1.165) is 12.8 Å². The minimum absolute atomic E-state index is 0.0354. The highest BCUT2D eigenvalue weighted by Crippen LogP contribution is 2.22. The second kappa shape index (κ2) is 6.74. The van der Waals surface area contributed by atoms with Crippen molar-refractivity contribution in [1.82, 2.24) is 5.32 Å². The number of halogens is 3. The number of rotatable bonds is 6. The van der Waals surface area contributed by atoms with Crippen molar-refractivity contribution < 1.29 is 32.6 Å². The zero-order valence-corrected chi connectivity index (χ0v) is 10.2. The Labute approximate surface area is 108 Å². The SMILES string of the molecule is O=C(CCC1CCCO1)NC(CC(F)(F)F)C(=O)O. The Morgan fingerprint density at radius 3 is 2.58 bits per heavy atom. The Morgan fingerprint density at radius 2 is 2.11 bits per heavy atom. The van der Waals surface area contributed by atoms with E-state index in [1.165, 1.54) is 0 Å². The van der Waals surface area contributed by atoms with E-state index in [9.17, 15) is 22.8 Å². The summed E-state index contributed by atoms with van der Waals surface area (Å²) in [5, 5.41) is 10.5. The predicted molar refractivity (Wildman–Crippen MR) is 58.4 cm³/mol. The molecule has 8 heteroatoms. The van der Waals surface area contributed by atoms with Crippen LogP contribution in [-0.4, -0.2) is 41.9 Å². The van der Waals surface area contributed by atoms with Crippen LogP contribution in [-0.2, 0) is 14.3 Å². The van der Waals surface area contributed by atoms with Gasteiger partial charge in [0.25, 0.3) is 0 Å². The summed E-state index contributed by atoms with van der Waals surface area (Å²) in [5.41, 5.74) is 0. The third-order valence-corrected chi connectivity index (χ3v) is 2.79. The lowest BCUT2D eigenvalue weighted by molar-refractivity contribution is -0.160. The number of aliphatic carboxylic acids is 1. The summed E-state index contributed by atoms with van der Waals surface area (Å²) in [7, 11) is 0. The number of carboxylic acids is 1. The molecule has 1 heterocycles. The average Bonchev–Trinajstić information content (AvgIpc) is 2.76. The van der Waals surface area contributed by atoms with E-state index >= 15 is 0 Å². The standard InChI is InChI=1S/C11H16F3NO4/c12-11(13,14)6-8(10(17)18)15-9(16)4-3-7-2-1-5-19-7/h7-8H,1-6H2,(H,15,16)(H,17,18). The lowest BCUT2D eigenvalue weighted by atomic mass is 10.1. The molecule has 110 valence electrons. The Balaban J connectivity index is 2.36. The molecule has 0 aromatic heterocycles. The van der Waals surface area contributed by atoms with E-state index in [1.54, 1.807) is 0 Å². The largest absolute Gasteiger partial charge is 0.480 e. The van der Waals surface area contributed by atoms with Crippen LogP contribution in [0.15, 0.2) is 0 Å². The number of carboxylic acid groups (broad SMARTS) is 1. The normalized spacial score (nSPS) is 21.1. The number of carbonyl (C=O) groups excluding carboxylic acids is 1. The molecule has 0 saturated carbocycles. The molecule has 2 N–H and O–H groups in total. The number of hydrogen-bond donors (Lipinski definition) is 2. The van der Waals surface area contributed by atoms with Gasteiger partial charge in [0.1, 0.15) is 6.04 Å². The summed E-state index contributed by atoms with van der Waals surface area (Å²) in [6, 6.07) is -1.93. The van der Waals surface area contributed by atoms with E-state index < -0.39 is 30.5 Å². The molecule has 2 unspecified atom stereocenters. The fourth-order valence-electron chi connectivity index (χ4n) is 1.86. The fourth-order valence-corrected chi connectivity index (χ4v) is 1.86. The van der Waals surface area contributed by atoms with Crippen LogP contribution < -0.4 is 5.32 Å². The van der Waals surface area contributed by atoms with Crippen LogP contribution in [0, 0.1) is 0 Å². The maximum atomic E-state index is 12.1. The van der Waals surface area contributed by atoms with E-state index in [2.05, 4.69) is 0 Å². The molecule has 19 heavy (non-hydrogen) atoms. The summed E-state index contributed by atoms with van der Waals surface area (Å²) >= 11 is 0. The van der Waals surface area contributed by atoms with Gasteiger partial charge in [-0.05, 0) is 19.3 Å². The molecule has 0 aromatic carbocycles. The highest BCUT2D eigenvalue weighted by molar-refractivity contribution is 5.83. The zero-order chi connectivity index (χ0) is 14.5. The van der Waals surface area contributed by atoms with E-state index in [4.69, 9.17) is 9.84 Å². The maximum absolute atomic E-state index is 12.1. The molecule has 1 saturated heterocycles. The van der Waals surface area contributed by atoms with Crippen LogP contribution in [0.1, 0.15) is 32.1 Å². The molecular weight excluding hydrogens is 267 g/mol. The lowest BCUT2D eigenvalue weighted by Crippen LogP contribution is -2.43. The van der Waals surface area contributed by atoms with Gasteiger partial charge < -0.3 is 15.2 Å². The van der Waals surface area contributed by atoms with Crippen LogP contribution in [0.3, 0.4) is 0 Å². The quantitative estimate of drug-likeness (QED) is 0.774. The smallest absolute Gasteiger partial charge is 0.391 e. The van der Waals surface area contributed by atoms with E-state index in [-0.39, 0.29) is 12.5 Å². The first-order valence-electron chi connectivity index (χ1n) is 5.98. The first-order chi connectivity index (χ1) is 8.78. The molecule has 2 atom stereocenters. The van der Waals surface area contributed by atoms with Gasteiger partial charge in [-0.25, -0.2) is 4.79 Å². The lowest BCUT2D eigenvalue weighted by Gasteiger charge is -2.16. The molecule has 0 radical (unpaired) electrons. The van der Waals surface area contributed by atoms with Crippen LogP contribution in [0.25, 0.3) is 0 Å². The highest BCUT2D eigenvalue weighted by atomic mass is 19.4. The van der Waals surface area contributed by atoms with Gasteiger partial charge in [-0.3, -0.25) is 4.79 Å². The van der Waals surface area contributed by atoms with Crippen LogP contribution in [0.4, 0.5) is 13.2 Å². The van der Waals surface area contributed by atoms with Crippen LogP contribution in [0.5, 0.6) is 0 Å². The third-order valence-electron chi connectivity index (χ3n) is 2.79. The van der Waals surface area contributed by atoms with Gasteiger partial charge in [-0.1, -0.05) is 0 Å². The number of ether oxygens (including phenoxy) is 1. The van der Waals surface area contributed by atoms with Crippen molar-refractivity contribution >= 4 is 11.9 Å². The number of alkyl halides is 3. The molecular formula is C11H16F3NO4. The molecule has 0 bridgehead atoms. The Bertz CT molecular complexity index is 326. The van der Waals surface area contributed by atoms with Crippen molar-refractivity contribution in [2.24, 2.45) is 0 Å². The van der Waals surface area contributed by atoms with Crippen molar-refractivity contribution in [3.05, 3.63) is 0 Å². The summed E-state index contributed by atoms with van der Waals surface area (Å²) in [6.45, 7) is 0.623. The fraction of sp³-hybridized carbons (Fsp3) is 0.818. The Kier molecular flexibility index (Phi) is 5.59. The maximum Gasteiger partial charge on any atom is 0.391 e. The zero-order valence-electron chi connectivity index (χ0n) is 10.2. The minimum atomic E-state index is -4.63. The molecule has 0 aromatic rings. The topological polar surface area (TPSA) is 75.6 Å².